The molecular weight excluding hydrogens is 392 g/mol. The predicted molar refractivity (Wildman–Crippen MR) is 116 cm³/mol. The number of aryl methyl sites for hydroxylation is 2. The van der Waals surface area contributed by atoms with E-state index < -0.39 is 5.97 Å². The van der Waals surface area contributed by atoms with Crippen LogP contribution in [0.4, 0.5) is 0 Å². The number of carbonyl (C=O) groups excluding carboxylic acids is 2. The summed E-state index contributed by atoms with van der Waals surface area (Å²) in [6, 6.07) is 18.6. The van der Waals surface area contributed by atoms with E-state index in [1.807, 2.05) is 32.0 Å². The number of carbonyl (C=O) groups is 2. The third-order valence-electron chi connectivity index (χ3n) is 5.00. The molecule has 0 aliphatic carbocycles. The van der Waals surface area contributed by atoms with E-state index in [1.54, 1.807) is 48.7 Å². The van der Waals surface area contributed by atoms with Crippen LogP contribution in [0.25, 0.3) is 5.65 Å². The van der Waals surface area contributed by atoms with E-state index >= 15 is 0 Å². The van der Waals surface area contributed by atoms with Gasteiger partial charge in [0.05, 0.1) is 11.3 Å². The Bertz CT molecular complexity index is 1350. The summed E-state index contributed by atoms with van der Waals surface area (Å²) in [5.74, 6) is -0.909. The lowest BCUT2D eigenvalue weighted by Gasteiger charge is -2.10. The van der Waals surface area contributed by atoms with Crippen molar-refractivity contribution in [2.45, 2.75) is 20.5 Å². The van der Waals surface area contributed by atoms with Crippen LogP contribution in [0, 0.1) is 13.8 Å². The van der Waals surface area contributed by atoms with Crippen molar-refractivity contribution in [1.82, 2.24) is 9.38 Å². The lowest BCUT2D eigenvalue weighted by molar-refractivity contribution is 0.0465. The minimum atomic E-state index is -0.650. The van der Waals surface area contributed by atoms with Crippen molar-refractivity contribution in [1.29, 1.82) is 0 Å². The van der Waals surface area contributed by atoms with E-state index in [0.29, 0.717) is 16.9 Å². The molecule has 2 aromatic heterocycles. The van der Waals surface area contributed by atoms with Crippen molar-refractivity contribution < 1.29 is 14.3 Å². The van der Waals surface area contributed by atoms with Crippen LogP contribution >= 0.6 is 0 Å². The molecule has 0 saturated carbocycles. The molecule has 0 aliphatic rings. The minimum Gasteiger partial charge on any atom is -0.456 e. The van der Waals surface area contributed by atoms with Crippen LogP contribution in [-0.2, 0) is 11.3 Å². The Hall–Kier alpha value is -4.06. The number of pyridine rings is 1. The first kappa shape index (κ1) is 20.2. The Balaban J connectivity index is 1.58. The van der Waals surface area contributed by atoms with E-state index in [9.17, 15) is 14.4 Å². The highest BCUT2D eigenvalue weighted by Gasteiger charge is 2.19. The van der Waals surface area contributed by atoms with Crippen LogP contribution in [0.5, 0.6) is 0 Å². The minimum absolute atomic E-state index is 0.168. The van der Waals surface area contributed by atoms with Gasteiger partial charge in [0, 0.05) is 23.4 Å². The van der Waals surface area contributed by atoms with Gasteiger partial charge >= 0.3 is 5.97 Å². The van der Waals surface area contributed by atoms with Gasteiger partial charge in [0.15, 0.2) is 5.78 Å². The van der Waals surface area contributed by atoms with Crippen molar-refractivity contribution in [2.24, 2.45) is 0 Å². The third-order valence-corrected chi connectivity index (χ3v) is 5.00. The van der Waals surface area contributed by atoms with Gasteiger partial charge in [-0.1, -0.05) is 54.1 Å². The molecule has 2 heterocycles. The van der Waals surface area contributed by atoms with Crippen LogP contribution in [0.1, 0.15) is 43.1 Å². The van der Waals surface area contributed by atoms with Gasteiger partial charge in [-0.25, -0.2) is 9.78 Å². The molecule has 4 rings (SSSR count). The zero-order valence-electron chi connectivity index (χ0n) is 17.2. The smallest absolute Gasteiger partial charge is 0.339 e. The average Bonchev–Trinajstić information content (AvgIpc) is 2.78. The largest absolute Gasteiger partial charge is 0.456 e. The summed E-state index contributed by atoms with van der Waals surface area (Å²) in [4.78, 5) is 42.4. The number of hydrogen-bond donors (Lipinski definition) is 0. The van der Waals surface area contributed by atoms with Crippen LogP contribution in [-0.4, -0.2) is 21.1 Å². The summed E-state index contributed by atoms with van der Waals surface area (Å²) >= 11 is 0. The molecule has 6 heteroatoms. The second-order valence-corrected chi connectivity index (χ2v) is 7.29. The average molecular weight is 412 g/mol. The maximum absolute atomic E-state index is 12.9. The van der Waals surface area contributed by atoms with Gasteiger partial charge in [-0.2, -0.15) is 0 Å². The molecule has 0 radical (unpaired) electrons. The van der Waals surface area contributed by atoms with E-state index in [1.165, 1.54) is 10.5 Å². The molecule has 0 aliphatic heterocycles. The number of ketones is 1. The van der Waals surface area contributed by atoms with Gasteiger partial charge in [-0.15, -0.1) is 0 Å². The van der Waals surface area contributed by atoms with E-state index in [-0.39, 0.29) is 29.1 Å². The van der Waals surface area contributed by atoms with E-state index in [0.717, 1.165) is 11.1 Å². The fourth-order valence-electron chi connectivity index (χ4n) is 3.32. The van der Waals surface area contributed by atoms with Gasteiger partial charge < -0.3 is 4.74 Å². The first-order valence-corrected chi connectivity index (χ1v) is 9.79. The van der Waals surface area contributed by atoms with Crippen LogP contribution in [0.15, 0.2) is 77.7 Å². The fourth-order valence-corrected chi connectivity index (χ4v) is 3.32. The fraction of sp³-hybridized carbons (Fsp3) is 0.120. The van der Waals surface area contributed by atoms with E-state index in [4.69, 9.17) is 4.74 Å². The number of hydrogen-bond acceptors (Lipinski definition) is 5. The van der Waals surface area contributed by atoms with Gasteiger partial charge in [0.2, 0.25) is 0 Å². The molecule has 2 aromatic carbocycles. The molecule has 0 unspecified atom stereocenters. The second-order valence-electron chi connectivity index (χ2n) is 7.29. The highest BCUT2D eigenvalue weighted by Crippen LogP contribution is 2.17. The van der Waals surface area contributed by atoms with Crippen molar-refractivity contribution in [2.75, 3.05) is 0 Å². The Morgan fingerprint density at radius 3 is 2.39 bits per heavy atom. The Morgan fingerprint density at radius 2 is 1.65 bits per heavy atom. The quantitative estimate of drug-likeness (QED) is 0.367. The molecule has 0 fully saturated rings. The van der Waals surface area contributed by atoms with Crippen LogP contribution in [0.2, 0.25) is 0 Å². The molecule has 0 atom stereocenters. The molecule has 0 bridgehead atoms. The summed E-state index contributed by atoms with van der Waals surface area (Å²) in [5.41, 5.74) is 3.40. The van der Waals surface area contributed by atoms with Gasteiger partial charge in [-0.05, 0) is 31.5 Å². The topological polar surface area (TPSA) is 77.7 Å². The van der Waals surface area contributed by atoms with Crippen LogP contribution in [0.3, 0.4) is 0 Å². The number of rotatable bonds is 5. The Morgan fingerprint density at radius 1 is 0.935 bits per heavy atom. The first-order valence-electron chi connectivity index (χ1n) is 9.79. The summed E-state index contributed by atoms with van der Waals surface area (Å²) in [5, 5.41) is 0. The number of fused-ring (bicyclic) bond motifs is 1. The normalized spacial score (nSPS) is 10.8. The molecular formula is C25H20N2O4. The highest BCUT2D eigenvalue weighted by atomic mass is 16.5. The van der Waals surface area contributed by atoms with Crippen molar-refractivity contribution in [3.05, 3.63) is 117 Å². The lowest BCUT2D eigenvalue weighted by Crippen LogP contribution is -2.18. The summed E-state index contributed by atoms with van der Waals surface area (Å²) < 4.78 is 6.84. The molecule has 6 nitrogen and oxygen atoms in total. The van der Waals surface area contributed by atoms with Crippen molar-refractivity contribution >= 4 is 17.4 Å². The summed E-state index contributed by atoms with van der Waals surface area (Å²) in [6.07, 6.45) is 1.64. The lowest BCUT2D eigenvalue weighted by atomic mass is 9.98. The van der Waals surface area contributed by atoms with Crippen LogP contribution < -0.4 is 5.56 Å². The molecule has 0 spiro atoms. The van der Waals surface area contributed by atoms with Crippen molar-refractivity contribution in [3.63, 3.8) is 0 Å². The number of benzene rings is 2. The van der Waals surface area contributed by atoms with Crippen molar-refractivity contribution in [3.8, 4) is 0 Å². The second kappa shape index (κ2) is 8.36. The third kappa shape index (κ3) is 4.14. The molecule has 4 aromatic rings. The van der Waals surface area contributed by atoms with Gasteiger partial charge in [0.1, 0.15) is 12.3 Å². The SMILES string of the molecule is Cc1ccc(C(=O)c2ccccc2C(=O)OCc2cc(=O)n3cccc(C)c3n2)cc1. The number of nitrogens with zero attached hydrogens (tertiary/aromatic N) is 2. The summed E-state index contributed by atoms with van der Waals surface area (Å²) in [7, 11) is 0. The van der Waals surface area contributed by atoms with E-state index in [2.05, 4.69) is 4.98 Å². The maximum atomic E-state index is 12.9. The summed E-state index contributed by atoms with van der Waals surface area (Å²) in [6.45, 7) is 3.62. The number of ether oxygens (including phenoxy) is 1. The molecule has 154 valence electrons. The molecule has 0 saturated heterocycles. The Labute approximate surface area is 178 Å². The highest BCUT2D eigenvalue weighted by molar-refractivity contribution is 6.14. The first-order chi connectivity index (χ1) is 14.9. The molecule has 0 amide bonds. The molecule has 31 heavy (non-hydrogen) atoms. The number of esters is 1. The van der Waals surface area contributed by atoms with Gasteiger partial charge in [0.25, 0.3) is 5.56 Å². The van der Waals surface area contributed by atoms with Gasteiger partial charge in [-0.3, -0.25) is 14.0 Å². The maximum Gasteiger partial charge on any atom is 0.339 e. The molecule has 0 N–H and O–H groups in total. The monoisotopic (exact) mass is 412 g/mol. The Kier molecular flexibility index (Phi) is 5.45. The predicted octanol–water partition coefficient (Wildman–Crippen LogP) is 3.90. The number of aromatic nitrogens is 2. The zero-order chi connectivity index (χ0) is 22.0. The standard InChI is InChI=1S/C25H20N2O4/c1-16-9-11-18(12-10-16)23(29)20-7-3-4-8-21(20)25(30)31-15-19-14-22(28)27-13-5-6-17(2)24(27)26-19/h3-14H,15H2,1-2H3. The zero-order valence-corrected chi connectivity index (χ0v) is 17.2.